The van der Waals surface area contributed by atoms with E-state index in [0.29, 0.717) is 6.04 Å². The number of rotatable bonds is 4. The van der Waals surface area contributed by atoms with Crippen molar-refractivity contribution < 1.29 is 0 Å². The largest absolute Gasteiger partial charge is 0.357 e. The monoisotopic (exact) mass is 318 g/mol. The fourth-order valence-corrected chi connectivity index (χ4v) is 3.91. The molecule has 124 valence electrons. The number of H-pyrrole nitrogens is 1. The van der Waals surface area contributed by atoms with E-state index in [-0.39, 0.29) is 0 Å². The summed E-state index contributed by atoms with van der Waals surface area (Å²) in [6, 6.07) is 16.2. The van der Waals surface area contributed by atoms with E-state index in [1.165, 1.54) is 58.1 Å². The van der Waals surface area contributed by atoms with Crippen molar-refractivity contribution in [1.29, 1.82) is 0 Å². The summed E-state index contributed by atoms with van der Waals surface area (Å²) in [6.45, 7) is 5.31. The lowest BCUT2D eigenvalue weighted by molar-refractivity contribution is 0.452. The first kappa shape index (κ1) is 15.5. The molecule has 1 aromatic heterocycles. The fraction of sp³-hybridized carbons (Fsp3) is 0.364. The second-order valence-electron chi connectivity index (χ2n) is 7.06. The van der Waals surface area contributed by atoms with Gasteiger partial charge in [-0.2, -0.15) is 0 Å². The molecule has 24 heavy (non-hydrogen) atoms. The smallest absolute Gasteiger partial charge is 0.0478 e. The molecular formula is C22H26N2. The normalized spacial score (nSPS) is 17.2. The predicted octanol–water partition coefficient (Wildman–Crippen LogP) is 5.21. The molecule has 0 saturated heterocycles. The van der Waals surface area contributed by atoms with Crippen LogP contribution in [0.2, 0.25) is 0 Å². The molecule has 1 heterocycles. The Bertz CT molecular complexity index is 842. The highest BCUT2D eigenvalue weighted by Crippen LogP contribution is 2.35. The zero-order chi connectivity index (χ0) is 16.5. The molecule has 0 amide bonds. The van der Waals surface area contributed by atoms with E-state index in [9.17, 15) is 0 Å². The summed E-state index contributed by atoms with van der Waals surface area (Å²) in [6.07, 6.45) is 4.78. The fourth-order valence-electron chi connectivity index (χ4n) is 3.91. The van der Waals surface area contributed by atoms with Gasteiger partial charge in [0, 0.05) is 29.2 Å². The van der Waals surface area contributed by atoms with Gasteiger partial charge in [0.15, 0.2) is 0 Å². The summed E-state index contributed by atoms with van der Waals surface area (Å²) in [5.41, 5.74) is 8.34. The molecule has 1 atom stereocenters. The lowest BCUT2D eigenvalue weighted by atomic mass is 9.91. The maximum Gasteiger partial charge on any atom is 0.0478 e. The highest BCUT2D eigenvalue weighted by Gasteiger charge is 2.23. The minimum atomic E-state index is 0.437. The van der Waals surface area contributed by atoms with Crippen LogP contribution in [0, 0.1) is 6.92 Å². The van der Waals surface area contributed by atoms with Crippen LogP contribution >= 0.6 is 0 Å². The first-order chi connectivity index (χ1) is 11.7. The second kappa shape index (κ2) is 6.45. The molecule has 0 spiro atoms. The molecule has 1 aliphatic rings. The summed E-state index contributed by atoms with van der Waals surface area (Å²) in [7, 11) is 0. The maximum atomic E-state index is 3.78. The van der Waals surface area contributed by atoms with Gasteiger partial charge in [-0.15, -0.1) is 0 Å². The summed E-state index contributed by atoms with van der Waals surface area (Å²) >= 11 is 0. The van der Waals surface area contributed by atoms with E-state index in [1.54, 1.807) is 0 Å². The van der Waals surface area contributed by atoms with Crippen LogP contribution in [-0.2, 0) is 19.4 Å². The third kappa shape index (κ3) is 2.87. The SMILES string of the molecule is CCc1ccc(CNC2CCCc3c2[nH]c2ccc(C)cc32)cc1. The molecule has 4 rings (SSSR count). The second-order valence-corrected chi connectivity index (χ2v) is 7.06. The maximum absolute atomic E-state index is 3.78. The summed E-state index contributed by atoms with van der Waals surface area (Å²) in [4.78, 5) is 3.69. The van der Waals surface area contributed by atoms with Crippen molar-refractivity contribution in [2.24, 2.45) is 0 Å². The highest BCUT2D eigenvalue weighted by molar-refractivity contribution is 5.85. The molecule has 2 heteroatoms. The molecule has 0 radical (unpaired) electrons. The van der Waals surface area contributed by atoms with Crippen molar-refractivity contribution in [2.45, 2.75) is 52.1 Å². The van der Waals surface area contributed by atoms with Gasteiger partial charge < -0.3 is 10.3 Å². The first-order valence-electron chi connectivity index (χ1n) is 9.17. The molecule has 1 unspecified atom stereocenters. The third-order valence-electron chi connectivity index (χ3n) is 5.35. The van der Waals surface area contributed by atoms with Gasteiger partial charge in [0.1, 0.15) is 0 Å². The lowest BCUT2D eigenvalue weighted by Gasteiger charge is -2.24. The van der Waals surface area contributed by atoms with E-state index in [2.05, 4.69) is 66.6 Å². The van der Waals surface area contributed by atoms with Crippen molar-refractivity contribution >= 4 is 10.9 Å². The lowest BCUT2D eigenvalue weighted by Crippen LogP contribution is -2.24. The van der Waals surface area contributed by atoms with Crippen molar-refractivity contribution in [3.8, 4) is 0 Å². The number of aromatic nitrogens is 1. The van der Waals surface area contributed by atoms with Crippen molar-refractivity contribution in [3.05, 3.63) is 70.4 Å². The van der Waals surface area contributed by atoms with Crippen LogP contribution in [0.25, 0.3) is 10.9 Å². The molecule has 2 nitrogen and oxygen atoms in total. The summed E-state index contributed by atoms with van der Waals surface area (Å²) in [5.74, 6) is 0. The molecule has 0 saturated carbocycles. The van der Waals surface area contributed by atoms with Gasteiger partial charge in [0.25, 0.3) is 0 Å². The zero-order valence-corrected chi connectivity index (χ0v) is 14.7. The number of hydrogen-bond acceptors (Lipinski definition) is 1. The Morgan fingerprint density at radius 2 is 1.88 bits per heavy atom. The highest BCUT2D eigenvalue weighted by atomic mass is 14.9. The van der Waals surface area contributed by atoms with E-state index < -0.39 is 0 Å². The number of aryl methyl sites for hydroxylation is 3. The molecule has 0 aliphatic heterocycles. The van der Waals surface area contributed by atoms with Crippen LogP contribution in [0.15, 0.2) is 42.5 Å². The van der Waals surface area contributed by atoms with E-state index >= 15 is 0 Å². The molecule has 0 fully saturated rings. The van der Waals surface area contributed by atoms with E-state index in [1.807, 2.05) is 0 Å². The molecule has 0 bridgehead atoms. The van der Waals surface area contributed by atoms with Crippen LogP contribution in [0.3, 0.4) is 0 Å². The Hall–Kier alpha value is -2.06. The Morgan fingerprint density at radius 1 is 1.08 bits per heavy atom. The Morgan fingerprint density at radius 3 is 2.67 bits per heavy atom. The summed E-state index contributed by atoms with van der Waals surface area (Å²) in [5, 5.41) is 5.20. The van der Waals surface area contributed by atoms with Gasteiger partial charge >= 0.3 is 0 Å². The topological polar surface area (TPSA) is 27.8 Å². The van der Waals surface area contributed by atoms with Crippen LogP contribution in [0.1, 0.15) is 53.8 Å². The van der Waals surface area contributed by atoms with Crippen LogP contribution in [0.5, 0.6) is 0 Å². The molecule has 1 aliphatic carbocycles. The molecule has 2 aromatic carbocycles. The Labute approximate surface area is 144 Å². The number of benzene rings is 2. The van der Waals surface area contributed by atoms with Gasteiger partial charge in [0.2, 0.25) is 0 Å². The van der Waals surface area contributed by atoms with Crippen LogP contribution in [0.4, 0.5) is 0 Å². The molecule has 2 N–H and O–H groups in total. The average molecular weight is 318 g/mol. The average Bonchev–Trinajstić information content (AvgIpc) is 2.99. The van der Waals surface area contributed by atoms with Crippen LogP contribution < -0.4 is 5.32 Å². The minimum Gasteiger partial charge on any atom is -0.357 e. The van der Waals surface area contributed by atoms with Gasteiger partial charge in [-0.05, 0) is 61.4 Å². The quantitative estimate of drug-likeness (QED) is 0.679. The summed E-state index contributed by atoms with van der Waals surface area (Å²) < 4.78 is 0. The Balaban J connectivity index is 1.56. The van der Waals surface area contributed by atoms with Gasteiger partial charge in [-0.3, -0.25) is 0 Å². The number of aromatic amines is 1. The number of nitrogens with one attached hydrogen (secondary N) is 2. The van der Waals surface area contributed by atoms with Gasteiger partial charge in [0.05, 0.1) is 0 Å². The van der Waals surface area contributed by atoms with Crippen molar-refractivity contribution in [3.63, 3.8) is 0 Å². The van der Waals surface area contributed by atoms with Gasteiger partial charge in [-0.1, -0.05) is 42.8 Å². The van der Waals surface area contributed by atoms with E-state index in [4.69, 9.17) is 0 Å². The van der Waals surface area contributed by atoms with E-state index in [0.717, 1.165) is 13.0 Å². The van der Waals surface area contributed by atoms with Crippen LogP contribution in [-0.4, -0.2) is 4.98 Å². The molecule has 3 aromatic rings. The first-order valence-corrected chi connectivity index (χ1v) is 9.17. The standard InChI is InChI=1S/C22H26N2/c1-3-16-8-10-17(11-9-16)14-23-21-6-4-5-18-19-13-15(2)7-12-20(19)24-22(18)21/h7-13,21,23-24H,3-6,14H2,1-2H3. The van der Waals surface area contributed by atoms with Crippen molar-refractivity contribution in [2.75, 3.05) is 0 Å². The zero-order valence-electron chi connectivity index (χ0n) is 14.7. The molecular weight excluding hydrogens is 292 g/mol. The number of fused-ring (bicyclic) bond motifs is 3. The van der Waals surface area contributed by atoms with Crippen molar-refractivity contribution in [1.82, 2.24) is 10.3 Å². The minimum absolute atomic E-state index is 0.437. The number of hydrogen-bond donors (Lipinski definition) is 2. The van der Waals surface area contributed by atoms with Gasteiger partial charge in [-0.25, -0.2) is 0 Å². The predicted molar refractivity (Wildman–Crippen MR) is 101 cm³/mol. The Kier molecular flexibility index (Phi) is 4.15. The third-order valence-corrected chi connectivity index (χ3v) is 5.35.